The number of nitrogens with two attached hydrogens (primary N) is 1. The summed E-state index contributed by atoms with van der Waals surface area (Å²) in [4.78, 5) is 72.9. The quantitative estimate of drug-likeness (QED) is 0.143. The molecule has 2 aromatic rings. The fraction of sp³-hybridized carbons (Fsp3) is 0.333. The van der Waals surface area contributed by atoms with Crippen LogP contribution in [0.25, 0.3) is 0 Å². The maximum absolute atomic E-state index is 13.2. The Hall–Kier alpha value is -4.78. The Morgan fingerprint density at radius 1 is 0.625 bits per heavy atom. The minimum Gasteiger partial charge on any atom is -0.481 e. The summed E-state index contributed by atoms with van der Waals surface area (Å²) in [6.07, 6.45) is -1.57. The summed E-state index contributed by atoms with van der Waals surface area (Å²) in [7, 11) is 0. The Balaban J connectivity index is 2.21. The highest BCUT2D eigenvalue weighted by Gasteiger charge is 2.32. The molecule has 4 atom stereocenters. The molecule has 0 bridgehead atoms. The standard InChI is InChI=1S/C27H32N4O9/c28-18(11-12-22(32)33)24(36)29-19(13-16-7-3-1-4-8-16)25(37)30-20(15-23(34)35)26(38)31-21(27(39)40)14-17-9-5-2-6-10-17/h1-10,18-21H,11-15,28H2,(H,29,36)(H,30,37)(H,31,38)(H,32,33)(H,34,35)(H,39,40). The largest absolute Gasteiger partial charge is 0.481 e. The third kappa shape index (κ3) is 10.9. The van der Waals surface area contributed by atoms with Crippen LogP contribution in [0.5, 0.6) is 0 Å². The highest BCUT2D eigenvalue weighted by molar-refractivity contribution is 5.95. The second kappa shape index (κ2) is 15.6. The molecule has 0 aliphatic heterocycles. The van der Waals surface area contributed by atoms with Crippen LogP contribution in [-0.4, -0.2) is 75.1 Å². The van der Waals surface area contributed by atoms with Crippen LogP contribution < -0.4 is 21.7 Å². The van der Waals surface area contributed by atoms with Crippen molar-refractivity contribution in [3.8, 4) is 0 Å². The number of rotatable bonds is 16. The van der Waals surface area contributed by atoms with E-state index in [1.807, 2.05) is 0 Å². The summed E-state index contributed by atoms with van der Waals surface area (Å²) >= 11 is 0. The van der Waals surface area contributed by atoms with Gasteiger partial charge in [-0.1, -0.05) is 60.7 Å². The van der Waals surface area contributed by atoms with Gasteiger partial charge in [0.2, 0.25) is 17.7 Å². The monoisotopic (exact) mass is 556 g/mol. The van der Waals surface area contributed by atoms with Gasteiger partial charge in [0, 0.05) is 19.3 Å². The summed E-state index contributed by atoms with van der Waals surface area (Å²) in [5.41, 5.74) is 7.00. The van der Waals surface area contributed by atoms with Gasteiger partial charge < -0.3 is 37.0 Å². The SMILES string of the molecule is NC(CCC(=O)O)C(=O)NC(Cc1ccccc1)C(=O)NC(CC(=O)O)C(=O)NC(Cc1ccccc1)C(=O)O. The van der Waals surface area contributed by atoms with E-state index in [2.05, 4.69) is 16.0 Å². The van der Waals surface area contributed by atoms with Crippen molar-refractivity contribution in [1.29, 1.82) is 0 Å². The van der Waals surface area contributed by atoms with Crippen LogP contribution in [0.2, 0.25) is 0 Å². The van der Waals surface area contributed by atoms with Crippen molar-refractivity contribution < 1.29 is 44.1 Å². The predicted octanol–water partition coefficient (Wildman–Crippen LogP) is -0.322. The molecule has 13 heteroatoms. The normalized spacial score (nSPS) is 13.6. The molecule has 3 amide bonds. The molecule has 40 heavy (non-hydrogen) atoms. The zero-order valence-electron chi connectivity index (χ0n) is 21.5. The molecular weight excluding hydrogens is 524 g/mol. The topological polar surface area (TPSA) is 225 Å². The summed E-state index contributed by atoms with van der Waals surface area (Å²) in [5, 5.41) is 34.8. The van der Waals surface area contributed by atoms with Crippen molar-refractivity contribution >= 4 is 35.6 Å². The Morgan fingerprint density at radius 3 is 1.55 bits per heavy atom. The highest BCUT2D eigenvalue weighted by atomic mass is 16.4. The number of nitrogens with one attached hydrogen (secondary N) is 3. The molecule has 0 saturated heterocycles. The molecule has 214 valence electrons. The molecule has 8 N–H and O–H groups in total. The molecule has 0 aliphatic rings. The molecule has 13 nitrogen and oxygen atoms in total. The fourth-order valence-electron chi connectivity index (χ4n) is 3.73. The van der Waals surface area contributed by atoms with Gasteiger partial charge in [-0.2, -0.15) is 0 Å². The Morgan fingerprint density at radius 2 is 1.07 bits per heavy atom. The van der Waals surface area contributed by atoms with Crippen molar-refractivity contribution in [3.63, 3.8) is 0 Å². The van der Waals surface area contributed by atoms with Crippen LogP contribution >= 0.6 is 0 Å². The van der Waals surface area contributed by atoms with Gasteiger partial charge in [0.05, 0.1) is 12.5 Å². The van der Waals surface area contributed by atoms with Gasteiger partial charge in [-0.05, 0) is 17.5 Å². The number of amides is 3. The zero-order chi connectivity index (χ0) is 29.7. The smallest absolute Gasteiger partial charge is 0.326 e. The average Bonchev–Trinajstić information content (AvgIpc) is 2.91. The van der Waals surface area contributed by atoms with E-state index in [0.717, 1.165) is 0 Å². The van der Waals surface area contributed by atoms with Crippen molar-refractivity contribution in [1.82, 2.24) is 16.0 Å². The number of benzene rings is 2. The van der Waals surface area contributed by atoms with Crippen molar-refractivity contribution in [2.75, 3.05) is 0 Å². The second-order valence-electron chi connectivity index (χ2n) is 9.04. The minimum atomic E-state index is -1.67. The lowest BCUT2D eigenvalue weighted by atomic mass is 10.0. The van der Waals surface area contributed by atoms with E-state index in [-0.39, 0.29) is 25.7 Å². The van der Waals surface area contributed by atoms with Gasteiger partial charge in [0.15, 0.2) is 0 Å². The number of carbonyl (C=O) groups is 6. The maximum Gasteiger partial charge on any atom is 0.326 e. The summed E-state index contributed by atoms with van der Waals surface area (Å²) < 4.78 is 0. The van der Waals surface area contributed by atoms with E-state index in [1.54, 1.807) is 60.7 Å². The summed E-state index contributed by atoms with van der Waals surface area (Å²) in [6, 6.07) is 11.3. The summed E-state index contributed by atoms with van der Waals surface area (Å²) in [5.74, 6) is -6.72. The van der Waals surface area contributed by atoms with Crippen LogP contribution in [0.15, 0.2) is 60.7 Å². The molecule has 0 heterocycles. The lowest BCUT2D eigenvalue weighted by Crippen LogP contribution is -2.58. The minimum absolute atomic E-state index is 0.0583. The molecule has 0 fully saturated rings. The van der Waals surface area contributed by atoms with Gasteiger partial charge in [-0.15, -0.1) is 0 Å². The molecule has 0 spiro atoms. The first-order valence-corrected chi connectivity index (χ1v) is 12.4. The highest BCUT2D eigenvalue weighted by Crippen LogP contribution is 2.08. The van der Waals surface area contributed by atoms with E-state index in [4.69, 9.17) is 10.8 Å². The first-order valence-electron chi connectivity index (χ1n) is 12.4. The van der Waals surface area contributed by atoms with Crippen molar-refractivity contribution in [2.45, 2.75) is 56.3 Å². The fourth-order valence-corrected chi connectivity index (χ4v) is 3.73. The third-order valence-corrected chi connectivity index (χ3v) is 5.83. The molecule has 0 aliphatic carbocycles. The number of carboxylic acids is 3. The molecule has 0 aromatic heterocycles. The molecular formula is C27H32N4O9. The Kier molecular flexibility index (Phi) is 12.3. The second-order valence-corrected chi connectivity index (χ2v) is 9.04. The van der Waals surface area contributed by atoms with Gasteiger partial charge >= 0.3 is 17.9 Å². The Labute approximate surface area is 229 Å². The lowest BCUT2D eigenvalue weighted by molar-refractivity contribution is -0.143. The lowest BCUT2D eigenvalue weighted by Gasteiger charge is -2.25. The third-order valence-electron chi connectivity index (χ3n) is 5.83. The van der Waals surface area contributed by atoms with Crippen LogP contribution in [0.4, 0.5) is 0 Å². The van der Waals surface area contributed by atoms with Gasteiger partial charge in [0.1, 0.15) is 18.1 Å². The van der Waals surface area contributed by atoms with Crippen molar-refractivity contribution in [2.24, 2.45) is 5.73 Å². The number of hydrogen-bond donors (Lipinski definition) is 7. The van der Waals surface area contributed by atoms with Gasteiger partial charge in [-0.25, -0.2) is 4.79 Å². The van der Waals surface area contributed by atoms with Crippen LogP contribution in [0.3, 0.4) is 0 Å². The number of hydrogen-bond acceptors (Lipinski definition) is 7. The van der Waals surface area contributed by atoms with E-state index in [1.165, 1.54) is 0 Å². The molecule has 4 unspecified atom stereocenters. The molecule has 0 radical (unpaired) electrons. The van der Waals surface area contributed by atoms with E-state index in [0.29, 0.717) is 11.1 Å². The molecule has 0 saturated carbocycles. The van der Waals surface area contributed by atoms with Crippen LogP contribution in [0.1, 0.15) is 30.4 Å². The Bertz CT molecular complexity index is 1190. The first-order chi connectivity index (χ1) is 19.0. The average molecular weight is 557 g/mol. The maximum atomic E-state index is 13.2. The van der Waals surface area contributed by atoms with Gasteiger partial charge in [0.25, 0.3) is 0 Å². The predicted molar refractivity (Wildman–Crippen MR) is 141 cm³/mol. The van der Waals surface area contributed by atoms with E-state index < -0.39 is 66.2 Å². The first kappa shape index (κ1) is 31.4. The molecule has 2 aromatic carbocycles. The van der Waals surface area contributed by atoms with E-state index >= 15 is 0 Å². The van der Waals surface area contributed by atoms with Crippen molar-refractivity contribution in [3.05, 3.63) is 71.8 Å². The van der Waals surface area contributed by atoms with Crippen LogP contribution in [0, 0.1) is 0 Å². The number of carboxylic acid groups (broad SMARTS) is 3. The van der Waals surface area contributed by atoms with E-state index in [9.17, 15) is 39.0 Å². The zero-order valence-corrected chi connectivity index (χ0v) is 21.5. The summed E-state index contributed by atoms with van der Waals surface area (Å²) in [6.45, 7) is 0. The van der Waals surface area contributed by atoms with Crippen LogP contribution in [-0.2, 0) is 41.6 Å². The number of carbonyl (C=O) groups excluding carboxylic acids is 3. The molecule has 2 rings (SSSR count). The number of aliphatic carboxylic acids is 3. The van der Waals surface area contributed by atoms with Gasteiger partial charge in [-0.3, -0.25) is 24.0 Å².